The summed E-state index contributed by atoms with van der Waals surface area (Å²) in [5.41, 5.74) is 2.01. The molecule has 0 spiro atoms. The molecule has 11 nitrogen and oxygen atoms in total. The highest BCUT2D eigenvalue weighted by Crippen LogP contribution is 2.32. The van der Waals surface area contributed by atoms with Gasteiger partial charge < -0.3 is 34.4 Å². The number of nitrogens with one attached hydrogen (secondary N) is 1. The van der Waals surface area contributed by atoms with Gasteiger partial charge in [0.25, 0.3) is 0 Å². The summed E-state index contributed by atoms with van der Waals surface area (Å²) in [7, 11) is 0. The molecule has 0 aromatic heterocycles. The van der Waals surface area contributed by atoms with E-state index in [4.69, 9.17) is 14.2 Å². The number of esters is 2. The van der Waals surface area contributed by atoms with Gasteiger partial charge in [0.15, 0.2) is 0 Å². The number of carbonyl (C=O) groups excluding carboxylic acids is 3. The molecule has 2 saturated heterocycles. The highest BCUT2D eigenvalue weighted by Gasteiger charge is 2.40. The van der Waals surface area contributed by atoms with Crippen LogP contribution in [0.5, 0.6) is 0 Å². The highest BCUT2D eigenvalue weighted by atomic mass is 16.6. The largest absolute Gasteiger partial charge is 0.465 e. The first-order valence-electron chi connectivity index (χ1n) is 18.5. The smallest absolute Gasteiger partial charge is 0.410 e. The summed E-state index contributed by atoms with van der Waals surface area (Å²) < 4.78 is 17.3. The van der Waals surface area contributed by atoms with Gasteiger partial charge in [0.05, 0.1) is 11.8 Å². The summed E-state index contributed by atoms with van der Waals surface area (Å²) >= 11 is 0. The molecule has 4 rings (SSSR count). The zero-order valence-corrected chi connectivity index (χ0v) is 32.5. The third-order valence-corrected chi connectivity index (χ3v) is 9.25. The molecule has 2 fully saturated rings. The van der Waals surface area contributed by atoms with Crippen LogP contribution in [0.1, 0.15) is 91.8 Å². The summed E-state index contributed by atoms with van der Waals surface area (Å²) in [5.74, 6) is -1.65. The zero-order chi connectivity index (χ0) is 38.4. The number of carboxylic acid groups (broad SMARTS) is 1. The van der Waals surface area contributed by atoms with Gasteiger partial charge in [-0.15, -0.1) is 0 Å². The Kier molecular flexibility index (Phi) is 12.9. The number of carbonyl (C=O) groups is 4. The van der Waals surface area contributed by atoms with Crippen LogP contribution in [-0.4, -0.2) is 82.0 Å². The van der Waals surface area contributed by atoms with Crippen molar-refractivity contribution in [3.8, 4) is 0 Å². The minimum Gasteiger partial charge on any atom is -0.465 e. The topological polar surface area (TPSA) is 135 Å². The lowest BCUT2D eigenvalue weighted by atomic mass is 9.85. The molecule has 2 aliphatic rings. The van der Waals surface area contributed by atoms with Crippen molar-refractivity contribution < 1.29 is 38.5 Å². The van der Waals surface area contributed by atoms with Crippen molar-refractivity contribution in [2.45, 2.75) is 111 Å². The Hall–Kier alpha value is -4.28. The highest BCUT2D eigenvalue weighted by molar-refractivity contribution is 5.75. The van der Waals surface area contributed by atoms with E-state index in [1.165, 1.54) is 4.90 Å². The maximum atomic E-state index is 13.6. The minimum atomic E-state index is -0.966. The van der Waals surface area contributed by atoms with E-state index < -0.39 is 34.7 Å². The van der Waals surface area contributed by atoms with E-state index in [1.807, 2.05) is 98.7 Å². The van der Waals surface area contributed by atoms with Gasteiger partial charge in [-0.1, -0.05) is 36.4 Å². The molecule has 2 heterocycles. The normalized spacial score (nSPS) is 19.2. The van der Waals surface area contributed by atoms with E-state index in [0.29, 0.717) is 58.4 Å². The number of ether oxygens (including phenoxy) is 3. The third-order valence-electron chi connectivity index (χ3n) is 9.25. The third kappa shape index (κ3) is 12.4. The first-order valence-corrected chi connectivity index (χ1v) is 18.5. The predicted octanol–water partition coefficient (Wildman–Crippen LogP) is 7.56. The van der Waals surface area contributed by atoms with Gasteiger partial charge in [0.2, 0.25) is 0 Å². The summed E-state index contributed by atoms with van der Waals surface area (Å²) in [6.45, 7) is 18.9. The number of anilines is 1. The second-order valence-corrected chi connectivity index (χ2v) is 17.3. The Morgan fingerprint density at radius 3 is 1.65 bits per heavy atom. The Morgan fingerprint density at radius 1 is 0.692 bits per heavy atom. The van der Waals surface area contributed by atoms with Crippen LogP contribution in [0.25, 0.3) is 0 Å². The van der Waals surface area contributed by atoms with Gasteiger partial charge in [0, 0.05) is 38.4 Å². The Balaban J connectivity index is 1.44. The van der Waals surface area contributed by atoms with Crippen molar-refractivity contribution in [3.63, 3.8) is 0 Å². The number of hydrogen-bond donors (Lipinski definition) is 2. The van der Waals surface area contributed by atoms with E-state index in [0.717, 1.165) is 22.4 Å². The number of amides is 2. The Morgan fingerprint density at radius 2 is 1.15 bits per heavy atom. The average molecular weight is 722 g/mol. The predicted molar refractivity (Wildman–Crippen MR) is 200 cm³/mol. The maximum Gasteiger partial charge on any atom is 0.410 e. The fraction of sp³-hybridized carbons (Fsp3) is 0.610. The van der Waals surface area contributed by atoms with E-state index in [-0.39, 0.29) is 29.9 Å². The summed E-state index contributed by atoms with van der Waals surface area (Å²) in [6.07, 6.45) is 0.896. The van der Waals surface area contributed by atoms with Gasteiger partial charge in [-0.2, -0.15) is 0 Å². The summed E-state index contributed by atoms with van der Waals surface area (Å²) in [6, 6.07) is 16.1. The minimum absolute atomic E-state index is 0.0670. The van der Waals surface area contributed by atoms with Gasteiger partial charge in [-0.3, -0.25) is 9.59 Å². The molecule has 0 radical (unpaired) electrons. The quantitative estimate of drug-likeness (QED) is 0.178. The van der Waals surface area contributed by atoms with Crippen molar-refractivity contribution in [1.82, 2.24) is 9.80 Å². The van der Waals surface area contributed by atoms with Crippen molar-refractivity contribution in [2.75, 3.05) is 31.5 Å². The van der Waals surface area contributed by atoms with Crippen LogP contribution in [0.15, 0.2) is 48.5 Å². The fourth-order valence-electron chi connectivity index (χ4n) is 6.92. The van der Waals surface area contributed by atoms with E-state index in [9.17, 15) is 24.3 Å². The Labute approximate surface area is 309 Å². The number of benzene rings is 2. The number of likely N-dealkylation sites (tertiary alicyclic amines) is 2. The van der Waals surface area contributed by atoms with Gasteiger partial charge >= 0.3 is 24.1 Å². The van der Waals surface area contributed by atoms with Crippen LogP contribution >= 0.6 is 0 Å². The van der Waals surface area contributed by atoms with Crippen LogP contribution < -0.4 is 5.32 Å². The molecule has 11 heteroatoms. The Bertz CT molecular complexity index is 1570. The molecule has 286 valence electrons. The van der Waals surface area contributed by atoms with Crippen LogP contribution in [0, 0.1) is 23.7 Å². The number of nitrogens with zero attached hydrogens (tertiary/aromatic N) is 2. The van der Waals surface area contributed by atoms with Gasteiger partial charge in [0.1, 0.15) is 16.8 Å². The van der Waals surface area contributed by atoms with E-state index in [2.05, 4.69) is 17.4 Å². The van der Waals surface area contributed by atoms with Gasteiger partial charge in [-0.25, -0.2) is 9.59 Å². The SMILES string of the molecule is CC(C)(C)OC(=O)[C@@H](Cc1cccc(CNc2cccc(C[C@H](C(=O)OC(C)(C)C)[C@H]3CCN(C(=O)OC(C)(C)C)C3)c2)c1)[C@H]1CCN(C(=O)O)C1. The molecular weight excluding hydrogens is 662 g/mol. The summed E-state index contributed by atoms with van der Waals surface area (Å²) in [4.78, 5) is 54.4. The van der Waals surface area contributed by atoms with Crippen LogP contribution in [0.2, 0.25) is 0 Å². The van der Waals surface area contributed by atoms with Crippen LogP contribution in [-0.2, 0) is 43.2 Å². The molecule has 0 saturated carbocycles. The standard InChI is InChI=1S/C41H59N3O8/c1-39(2,3)50-35(45)33(30-16-18-43(25-30)37(47)48)22-27-12-10-14-29(20-27)24-42-32-15-11-13-28(21-32)23-34(36(46)51-40(4,5)6)31-17-19-44(26-31)38(49)52-41(7,8)9/h10-15,20-21,30-31,33-34,42H,16-19,22-26H2,1-9H3,(H,47,48)/t30-,31-,33-,34-/m0/s1. The fourth-order valence-corrected chi connectivity index (χ4v) is 6.92. The molecule has 52 heavy (non-hydrogen) atoms. The zero-order valence-electron chi connectivity index (χ0n) is 32.5. The lowest BCUT2D eigenvalue weighted by Gasteiger charge is -2.28. The van der Waals surface area contributed by atoms with Crippen LogP contribution in [0.4, 0.5) is 15.3 Å². The maximum absolute atomic E-state index is 13.6. The monoisotopic (exact) mass is 721 g/mol. The van der Waals surface area contributed by atoms with Crippen molar-refractivity contribution in [2.24, 2.45) is 23.7 Å². The van der Waals surface area contributed by atoms with Crippen molar-refractivity contribution in [3.05, 3.63) is 65.2 Å². The average Bonchev–Trinajstić information content (AvgIpc) is 3.71. The van der Waals surface area contributed by atoms with E-state index >= 15 is 0 Å². The van der Waals surface area contributed by atoms with Crippen molar-refractivity contribution in [1.29, 1.82) is 0 Å². The molecule has 0 unspecified atom stereocenters. The first kappa shape index (κ1) is 40.5. The second kappa shape index (κ2) is 16.6. The molecule has 0 aliphatic carbocycles. The molecule has 2 amide bonds. The summed E-state index contributed by atoms with van der Waals surface area (Å²) in [5, 5.41) is 13.0. The lowest BCUT2D eigenvalue weighted by molar-refractivity contribution is -0.163. The second-order valence-electron chi connectivity index (χ2n) is 17.3. The molecule has 2 aromatic rings. The molecule has 2 aliphatic heterocycles. The first-order chi connectivity index (χ1) is 24.2. The van der Waals surface area contributed by atoms with Crippen molar-refractivity contribution >= 4 is 29.8 Å². The van der Waals surface area contributed by atoms with Gasteiger partial charge in [-0.05, 0) is 129 Å². The number of rotatable bonds is 11. The molecule has 0 bridgehead atoms. The van der Waals surface area contributed by atoms with Crippen LogP contribution in [0.3, 0.4) is 0 Å². The molecule has 2 N–H and O–H groups in total. The molecule has 2 aromatic carbocycles. The number of hydrogen-bond acceptors (Lipinski definition) is 8. The molecular formula is C41H59N3O8. The van der Waals surface area contributed by atoms with E-state index in [1.54, 1.807) is 4.90 Å². The lowest BCUT2D eigenvalue weighted by Crippen LogP contribution is -2.38. The molecule has 4 atom stereocenters.